The summed E-state index contributed by atoms with van der Waals surface area (Å²) in [7, 11) is 0. The van der Waals surface area contributed by atoms with Crippen molar-refractivity contribution in [1.82, 2.24) is 0 Å². The highest BCUT2D eigenvalue weighted by molar-refractivity contribution is 8.26. The van der Waals surface area contributed by atoms with Gasteiger partial charge in [0.1, 0.15) is 5.04 Å². The average molecular weight is 558 g/mol. The Balaban J connectivity index is 1.46. The van der Waals surface area contributed by atoms with E-state index in [0.717, 1.165) is 16.3 Å². The van der Waals surface area contributed by atoms with E-state index in [9.17, 15) is 10.1 Å². The first-order valence-electron chi connectivity index (χ1n) is 12.9. The fraction of sp³-hybridized carbons (Fsp3) is 0.0606. The van der Waals surface area contributed by atoms with Crippen molar-refractivity contribution in [2.75, 3.05) is 5.01 Å². The van der Waals surface area contributed by atoms with Gasteiger partial charge in [0.25, 0.3) is 5.69 Å². The molecule has 2 aliphatic heterocycles. The molecule has 0 aromatic heterocycles. The van der Waals surface area contributed by atoms with Crippen LogP contribution in [0.15, 0.2) is 145 Å². The number of hydrazone groups is 1. The maximum atomic E-state index is 11.3. The molecule has 0 N–H and O–H groups in total. The lowest BCUT2D eigenvalue weighted by molar-refractivity contribution is -0.384. The summed E-state index contributed by atoms with van der Waals surface area (Å²) in [6, 6.07) is 46.9. The molecule has 5 aromatic carbocycles. The van der Waals surface area contributed by atoms with Crippen LogP contribution in [0.2, 0.25) is 0 Å². The van der Waals surface area contributed by atoms with E-state index in [1.165, 1.54) is 22.3 Å². The van der Waals surface area contributed by atoms with Crippen LogP contribution in [0.1, 0.15) is 27.8 Å². The molecule has 7 rings (SSSR count). The Morgan fingerprint density at radius 3 is 1.75 bits per heavy atom. The molecule has 0 amide bonds. The van der Waals surface area contributed by atoms with Crippen LogP contribution in [0.5, 0.6) is 0 Å². The van der Waals surface area contributed by atoms with Gasteiger partial charge in [-0.1, -0.05) is 127 Å². The van der Waals surface area contributed by atoms with Crippen molar-refractivity contribution in [3.63, 3.8) is 0 Å². The quantitative estimate of drug-likeness (QED) is 0.161. The molecule has 5 aromatic rings. The molecular weight excluding hydrogens is 535 g/mol. The van der Waals surface area contributed by atoms with E-state index in [0.29, 0.717) is 0 Å². The second kappa shape index (κ2) is 9.70. The van der Waals surface area contributed by atoms with Gasteiger partial charge in [0.15, 0.2) is 4.20 Å². The van der Waals surface area contributed by atoms with Crippen molar-refractivity contribution >= 4 is 39.9 Å². The molecule has 40 heavy (non-hydrogen) atoms. The number of anilines is 1. The highest BCUT2D eigenvalue weighted by Gasteiger charge is 2.61. The maximum absolute atomic E-state index is 11.3. The molecule has 1 atom stereocenters. The predicted octanol–water partition coefficient (Wildman–Crippen LogP) is 8.36. The summed E-state index contributed by atoms with van der Waals surface area (Å²) in [5.41, 5.74) is 6.71. The van der Waals surface area contributed by atoms with Crippen LogP contribution in [-0.4, -0.2) is 9.97 Å². The minimum Gasteiger partial charge on any atom is -0.258 e. The number of fused-ring (bicyclic) bond motifs is 2. The molecule has 2 heterocycles. The third-order valence-corrected chi connectivity index (χ3v) is 10.7. The number of para-hydroxylation sites is 1. The van der Waals surface area contributed by atoms with Crippen molar-refractivity contribution in [2.24, 2.45) is 5.10 Å². The predicted molar refractivity (Wildman–Crippen MR) is 165 cm³/mol. The van der Waals surface area contributed by atoms with Gasteiger partial charge in [-0.3, -0.25) is 10.1 Å². The van der Waals surface area contributed by atoms with Crippen molar-refractivity contribution in [1.29, 1.82) is 0 Å². The Bertz CT molecular complexity index is 1690. The number of thioether (sulfide) groups is 2. The first-order valence-corrected chi connectivity index (χ1v) is 14.5. The van der Waals surface area contributed by atoms with Gasteiger partial charge >= 0.3 is 0 Å². The van der Waals surface area contributed by atoms with E-state index in [4.69, 9.17) is 5.10 Å². The first kappa shape index (κ1) is 24.7. The van der Waals surface area contributed by atoms with Crippen LogP contribution in [0.4, 0.5) is 11.4 Å². The lowest BCUT2D eigenvalue weighted by Crippen LogP contribution is -2.33. The molecule has 1 spiro atoms. The van der Waals surface area contributed by atoms with E-state index >= 15 is 0 Å². The van der Waals surface area contributed by atoms with Gasteiger partial charge in [-0.15, -0.1) is 0 Å². The Morgan fingerprint density at radius 1 is 0.650 bits per heavy atom. The third-order valence-electron chi connectivity index (χ3n) is 7.33. The van der Waals surface area contributed by atoms with E-state index < -0.39 is 8.95 Å². The fourth-order valence-electron chi connectivity index (χ4n) is 5.55. The number of benzene rings is 5. The van der Waals surface area contributed by atoms with Crippen LogP contribution in [-0.2, 0) is 8.95 Å². The summed E-state index contributed by atoms with van der Waals surface area (Å²) in [4.78, 5) is 10.9. The summed E-state index contributed by atoms with van der Waals surface area (Å²) in [5.74, 6) is 0. The molecule has 7 heteroatoms. The van der Waals surface area contributed by atoms with Gasteiger partial charge in [-0.2, -0.15) is 5.10 Å². The number of nitro benzene ring substituents is 1. The summed E-state index contributed by atoms with van der Waals surface area (Å²) < 4.78 is -1.11. The summed E-state index contributed by atoms with van der Waals surface area (Å²) in [6.45, 7) is 0. The average Bonchev–Trinajstić information content (AvgIpc) is 3.55. The number of rotatable bonds is 5. The van der Waals surface area contributed by atoms with Gasteiger partial charge in [0.2, 0.25) is 0 Å². The standard InChI is InChI=1S/C33H23N3O2S2/c37-36(38)28-22-20-24(21-23-28)31-34-35(27-16-8-3-9-17-27)33(39-31)30-19-11-10-18-29(30)32(40-33,25-12-4-1-5-13-25)26-14-6-2-7-15-26/h1-23H. The largest absolute Gasteiger partial charge is 0.269 e. The van der Waals surface area contributed by atoms with Crippen molar-refractivity contribution in [3.8, 4) is 0 Å². The fourth-order valence-corrected chi connectivity index (χ4v) is 9.22. The summed E-state index contributed by atoms with van der Waals surface area (Å²) in [5, 5.41) is 19.5. The molecule has 0 fully saturated rings. The Hall–Kier alpha value is -4.33. The SMILES string of the molecule is O=[N+]([O-])c1ccc(C2=NN(c3ccccc3)C3(S2)SC(c2ccccc2)(c2ccccc2)c2ccccc23)cc1. The van der Waals surface area contributed by atoms with Gasteiger partial charge in [0, 0.05) is 23.3 Å². The molecular formula is C33H23N3O2S2. The van der Waals surface area contributed by atoms with E-state index in [-0.39, 0.29) is 10.6 Å². The topological polar surface area (TPSA) is 58.7 Å². The molecule has 0 saturated carbocycles. The zero-order chi connectivity index (χ0) is 27.2. The molecule has 0 aliphatic carbocycles. The lowest BCUT2D eigenvalue weighted by Gasteiger charge is -2.37. The van der Waals surface area contributed by atoms with Crippen LogP contribution >= 0.6 is 23.5 Å². The van der Waals surface area contributed by atoms with Crippen LogP contribution < -0.4 is 5.01 Å². The van der Waals surface area contributed by atoms with Crippen LogP contribution in [0.3, 0.4) is 0 Å². The number of nitro groups is 1. The molecule has 1 unspecified atom stereocenters. The van der Waals surface area contributed by atoms with E-state index in [1.807, 2.05) is 30.0 Å². The maximum Gasteiger partial charge on any atom is 0.269 e. The summed E-state index contributed by atoms with van der Waals surface area (Å²) in [6.07, 6.45) is 0. The van der Waals surface area contributed by atoms with Crippen molar-refractivity contribution in [3.05, 3.63) is 177 Å². The number of non-ortho nitro benzene ring substituents is 1. The Kier molecular flexibility index (Phi) is 5.99. The lowest BCUT2D eigenvalue weighted by atomic mass is 9.82. The molecule has 194 valence electrons. The molecule has 2 aliphatic rings. The van der Waals surface area contributed by atoms with Crippen molar-refractivity contribution in [2.45, 2.75) is 8.95 Å². The summed E-state index contributed by atoms with van der Waals surface area (Å²) >= 11 is 3.57. The minimum absolute atomic E-state index is 0.0646. The second-order valence-electron chi connectivity index (χ2n) is 9.60. The number of hydrogen-bond donors (Lipinski definition) is 0. The first-order chi connectivity index (χ1) is 19.6. The monoisotopic (exact) mass is 557 g/mol. The Morgan fingerprint density at radius 2 is 1.18 bits per heavy atom. The molecule has 5 nitrogen and oxygen atoms in total. The normalized spacial score (nSPS) is 18.9. The number of nitrogens with zero attached hydrogens (tertiary/aromatic N) is 3. The molecule has 0 radical (unpaired) electrons. The van der Waals surface area contributed by atoms with Crippen molar-refractivity contribution < 1.29 is 4.92 Å². The minimum atomic E-state index is -0.624. The smallest absolute Gasteiger partial charge is 0.258 e. The van der Waals surface area contributed by atoms with Gasteiger partial charge < -0.3 is 0 Å². The van der Waals surface area contributed by atoms with Gasteiger partial charge in [-0.25, -0.2) is 5.01 Å². The second-order valence-corrected chi connectivity index (χ2v) is 12.4. The zero-order valence-corrected chi connectivity index (χ0v) is 22.9. The number of hydrogen-bond acceptors (Lipinski definition) is 6. The van der Waals surface area contributed by atoms with Crippen LogP contribution in [0, 0.1) is 10.1 Å². The Labute approximate surface area is 240 Å². The molecule has 0 bridgehead atoms. The highest BCUT2D eigenvalue weighted by atomic mass is 32.2. The molecule has 0 saturated heterocycles. The van der Waals surface area contributed by atoms with E-state index in [2.05, 4.69) is 102 Å². The van der Waals surface area contributed by atoms with E-state index in [1.54, 1.807) is 36.0 Å². The van der Waals surface area contributed by atoms with Gasteiger partial charge in [0.05, 0.1) is 15.4 Å². The van der Waals surface area contributed by atoms with Gasteiger partial charge in [-0.05, 0) is 41.0 Å². The van der Waals surface area contributed by atoms with Crippen LogP contribution in [0.25, 0.3) is 0 Å². The third kappa shape index (κ3) is 3.77. The zero-order valence-electron chi connectivity index (χ0n) is 21.3. The highest BCUT2D eigenvalue weighted by Crippen LogP contribution is 2.71.